The van der Waals surface area contributed by atoms with E-state index in [4.69, 9.17) is 10.00 Å². The SMILES string of the molecule is Cc1ccc(OCC(F)F)c(NC=C(C#N)c2nn[nH]n2)c1. The summed E-state index contributed by atoms with van der Waals surface area (Å²) < 4.78 is 29.6. The molecule has 0 bridgehead atoms. The number of alkyl halides is 2. The topological polar surface area (TPSA) is 99.5 Å². The molecule has 0 atom stereocenters. The van der Waals surface area contributed by atoms with Crippen molar-refractivity contribution in [2.24, 2.45) is 0 Å². The number of tetrazole rings is 1. The minimum Gasteiger partial charge on any atom is -0.485 e. The van der Waals surface area contributed by atoms with Crippen molar-refractivity contribution in [1.29, 1.82) is 5.26 Å². The molecule has 0 aliphatic rings. The molecule has 0 saturated carbocycles. The highest BCUT2D eigenvalue weighted by Crippen LogP contribution is 2.26. The smallest absolute Gasteiger partial charge is 0.272 e. The van der Waals surface area contributed by atoms with Crippen molar-refractivity contribution < 1.29 is 13.5 Å². The lowest BCUT2D eigenvalue weighted by Gasteiger charge is -2.12. The minimum atomic E-state index is -2.57. The molecule has 22 heavy (non-hydrogen) atoms. The first kappa shape index (κ1) is 15.4. The predicted molar refractivity (Wildman–Crippen MR) is 74.1 cm³/mol. The maximum Gasteiger partial charge on any atom is 0.272 e. The van der Waals surface area contributed by atoms with Gasteiger partial charge in [0.2, 0.25) is 5.82 Å². The van der Waals surface area contributed by atoms with Gasteiger partial charge in [-0.25, -0.2) is 8.78 Å². The lowest BCUT2D eigenvalue weighted by molar-refractivity contribution is 0.0822. The van der Waals surface area contributed by atoms with E-state index in [1.807, 2.05) is 13.0 Å². The van der Waals surface area contributed by atoms with Crippen LogP contribution in [-0.4, -0.2) is 33.7 Å². The molecule has 0 aliphatic heterocycles. The van der Waals surface area contributed by atoms with Crippen LogP contribution >= 0.6 is 0 Å². The summed E-state index contributed by atoms with van der Waals surface area (Å²) >= 11 is 0. The van der Waals surface area contributed by atoms with Gasteiger partial charge in [0, 0.05) is 6.20 Å². The number of halogens is 2. The number of H-pyrrole nitrogens is 1. The molecular formula is C13H12F2N6O. The number of rotatable bonds is 6. The fraction of sp³-hybridized carbons (Fsp3) is 0.231. The average Bonchev–Trinajstić information content (AvgIpc) is 3.01. The molecule has 7 nitrogen and oxygen atoms in total. The number of nitrogens with zero attached hydrogens (tertiary/aromatic N) is 4. The van der Waals surface area contributed by atoms with E-state index in [9.17, 15) is 8.78 Å². The average molecular weight is 306 g/mol. The van der Waals surface area contributed by atoms with Gasteiger partial charge < -0.3 is 10.1 Å². The summed E-state index contributed by atoms with van der Waals surface area (Å²) in [5.41, 5.74) is 1.49. The lowest BCUT2D eigenvalue weighted by atomic mass is 10.2. The normalized spacial score (nSPS) is 11.3. The second-order valence-corrected chi connectivity index (χ2v) is 4.25. The Bertz CT molecular complexity index is 693. The highest BCUT2D eigenvalue weighted by molar-refractivity contribution is 5.75. The molecule has 0 aliphatic carbocycles. The molecule has 2 rings (SSSR count). The highest BCUT2D eigenvalue weighted by Gasteiger charge is 2.09. The standard InChI is InChI=1S/C13H12F2N6O/c1-8-2-3-11(22-7-12(14)15)10(4-8)17-6-9(5-16)13-18-20-21-19-13/h2-4,6,12,17H,7H2,1H3,(H,18,19,20,21). The van der Waals surface area contributed by atoms with Crippen LogP contribution in [0, 0.1) is 18.3 Å². The van der Waals surface area contributed by atoms with Gasteiger partial charge in [0.25, 0.3) is 6.43 Å². The van der Waals surface area contributed by atoms with Gasteiger partial charge in [-0.2, -0.15) is 10.5 Å². The Morgan fingerprint density at radius 2 is 2.36 bits per heavy atom. The Balaban J connectivity index is 2.21. The zero-order chi connectivity index (χ0) is 15.9. The van der Waals surface area contributed by atoms with Crippen LogP contribution in [0.4, 0.5) is 14.5 Å². The van der Waals surface area contributed by atoms with E-state index >= 15 is 0 Å². The second kappa shape index (κ2) is 7.12. The summed E-state index contributed by atoms with van der Waals surface area (Å²) in [6, 6.07) is 6.94. The highest BCUT2D eigenvalue weighted by atomic mass is 19.3. The van der Waals surface area contributed by atoms with Gasteiger partial charge in [-0.15, -0.1) is 10.2 Å². The number of aromatic nitrogens is 4. The van der Waals surface area contributed by atoms with Crippen LogP contribution in [0.15, 0.2) is 24.4 Å². The summed E-state index contributed by atoms with van der Waals surface area (Å²) in [6.07, 6.45) is -1.21. The van der Waals surface area contributed by atoms with Gasteiger partial charge in [-0.3, -0.25) is 0 Å². The zero-order valence-corrected chi connectivity index (χ0v) is 11.5. The van der Waals surface area contributed by atoms with E-state index in [1.165, 1.54) is 6.20 Å². The predicted octanol–water partition coefficient (Wildman–Crippen LogP) is 2.13. The fourth-order valence-electron chi connectivity index (χ4n) is 1.61. The van der Waals surface area contributed by atoms with Gasteiger partial charge in [-0.1, -0.05) is 6.07 Å². The summed E-state index contributed by atoms with van der Waals surface area (Å²) in [5.74, 6) is 0.380. The molecule has 1 heterocycles. The molecule has 0 radical (unpaired) electrons. The molecule has 9 heteroatoms. The van der Waals surface area contributed by atoms with Crippen LogP contribution in [0.5, 0.6) is 5.75 Å². The lowest BCUT2D eigenvalue weighted by Crippen LogP contribution is -2.08. The number of ether oxygens (including phenoxy) is 1. The Kier molecular flexibility index (Phi) is 4.98. The van der Waals surface area contributed by atoms with Crippen molar-refractivity contribution in [1.82, 2.24) is 20.6 Å². The number of allylic oxidation sites excluding steroid dienone is 1. The van der Waals surface area contributed by atoms with E-state index < -0.39 is 13.0 Å². The van der Waals surface area contributed by atoms with Crippen molar-refractivity contribution in [2.45, 2.75) is 13.3 Å². The first-order valence-electron chi connectivity index (χ1n) is 6.22. The molecule has 0 unspecified atom stereocenters. The van der Waals surface area contributed by atoms with Crippen molar-refractivity contribution in [2.75, 3.05) is 11.9 Å². The van der Waals surface area contributed by atoms with Gasteiger partial charge >= 0.3 is 0 Å². The minimum absolute atomic E-state index is 0.123. The molecule has 0 spiro atoms. The molecule has 2 aromatic rings. The number of hydrogen-bond donors (Lipinski definition) is 2. The van der Waals surface area contributed by atoms with Crippen molar-refractivity contribution in [3.8, 4) is 11.8 Å². The number of hydrogen-bond acceptors (Lipinski definition) is 6. The summed E-state index contributed by atoms with van der Waals surface area (Å²) in [7, 11) is 0. The van der Waals surface area contributed by atoms with Crippen LogP contribution in [0.1, 0.15) is 11.4 Å². The molecule has 0 fully saturated rings. The summed E-state index contributed by atoms with van der Waals surface area (Å²) in [5, 5.41) is 24.9. The number of nitriles is 1. The van der Waals surface area contributed by atoms with Crippen LogP contribution in [-0.2, 0) is 0 Å². The molecular weight excluding hydrogens is 294 g/mol. The van der Waals surface area contributed by atoms with E-state index in [1.54, 1.807) is 18.2 Å². The fourth-order valence-corrected chi connectivity index (χ4v) is 1.61. The van der Waals surface area contributed by atoms with Crippen LogP contribution < -0.4 is 10.1 Å². The first-order valence-corrected chi connectivity index (χ1v) is 6.22. The molecule has 1 aromatic heterocycles. The summed E-state index contributed by atoms with van der Waals surface area (Å²) in [6.45, 7) is 1.13. The molecule has 0 amide bonds. The number of aryl methyl sites for hydroxylation is 1. The van der Waals surface area contributed by atoms with E-state index in [0.29, 0.717) is 5.69 Å². The van der Waals surface area contributed by atoms with E-state index in [0.717, 1.165) is 5.56 Å². The van der Waals surface area contributed by atoms with Gasteiger partial charge in [-0.05, 0) is 29.8 Å². The van der Waals surface area contributed by atoms with Crippen LogP contribution in [0.3, 0.4) is 0 Å². The maximum absolute atomic E-state index is 12.3. The zero-order valence-electron chi connectivity index (χ0n) is 11.5. The van der Waals surface area contributed by atoms with Crippen molar-refractivity contribution >= 4 is 11.3 Å². The van der Waals surface area contributed by atoms with E-state index in [-0.39, 0.29) is 17.1 Å². The molecule has 1 aromatic carbocycles. The van der Waals surface area contributed by atoms with Gasteiger partial charge in [0.05, 0.1) is 5.69 Å². The quantitative estimate of drug-likeness (QED) is 0.793. The Labute approximate surface area is 124 Å². The van der Waals surface area contributed by atoms with E-state index in [2.05, 4.69) is 25.9 Å². The first-order chi connectivity index (χ1) is 10.6. The largest absolute Gasteiger partial charge is 0.485 e. The molecule has 0 saturated heterocycles. The monoisotopic (exact) mass is 306 g/mol. The van der Waals surface area contributed by atoms with Crippen LogP contribution in [0.2, 0.25) is 0 Å². The maximum atomic E-state index is 12.3. The Morgan fingerprint density at radius 1 is 1.55 bits per heavy atom. The third-order valence-electron chi connectivity index (χ3n) is 2.58. The second-order valence-electron chi connectivity index (χ2n) is 4.25. The van der Waals surface area contributed by atoms with Crippen LogP contribution in [0.25, 0.3) is 5.57 Å². The van der Waals surface area contributed by atoms with Gasteiger partial charge in [0.1, 0.15) is 24.0 Å². The Hall–Kier alpha value is -3.02. The number of aromatic amines is 1. The third-order valence-corrected chi connectivity index (χ3v) is 2.58. The number of benzene rings is 1. The molecule has 2 N–H and O–H groups in total. The summed E-state index contributed by atoms with van der Waals surface area (Å²) in [4.78, 5) is 0. The Morgan fingerprint density at radius 3 is 3.00 bits per heavy atom. The van der Waals surface area contributed by atoms with Crippen molar-refractivity contribution in [3.05, 3.63) is 35.8 Å². The number of anilines is 1. The van der Waals surface area contributed by atoms with Gasteiger partial charge in [0.15, 0.2) is 0 Å². The molecule has 114 valence electrons. The third kappa shape index (κ3) is 3.99. The van der Waals surface area contributed by atoms with Crippen molar-refractivity contribution in [3.63, 3.8) is 0 Å². The number of nitrogens with one attached hydrogen (secondary N) is 2.